The number of nitrogens with zero attached hydrogens (tertiary/aromatic N) is 1. The van der Waals surface area contributed by atoms with Crippen LogP contribution in [0.15, 0.2) is 23.0 Å². The second-order valence-electron chi connectivity index (χ2n) is 4.42. The van der Waals surface area contributed by atoms with Gasteiger partial charge in [0.15, 0.2) is 0 Å². The average Bonchev–Trinajstić information content (AvgIpc) is 2.37. The molecule has 0 aliphatic heterocycles. The molecular formula is C13H15ClN4O2. The van der Waals surface area contributed by atoms with Crippen molar-refractivity contribution in [3.8, 4) is 0 Å². The quantitative estimate of drug-likeness (QED) is 0.690. The van der Waals surface area contributed by atoms with E-state index in [0.717, 1.165) is 0 Å². The summed E-state index contributed by atoms with van der Waals surface area (Å²) in [5.41, 5.74) is 5.41. The Hall–Kier alpha value is -1.92. The molecule has 0 atom stereocenters. The Bertz CT molecular complexity index is 684. The molecule has 4 N–H and O–H groups in total. The predicted octanol–water partition coefficient (Wildman–Crippen LogP) is 0.932. The minimum atomic E-state index is -0.321. The molecule has 6 nitrogen and oxygen atoms in total. The highest BCUT2D eigenvalue weighted by Gasteiger charge is 2.04. The first-order valence-corrected chi connectivity index (χ1v) is 6.61. The van der Waals surface area contributed by atoms with Gasteiger partial charge in [0.05, 0.1) is 17.4 Å². The Morgan fingerprint density at radius 1 is 1.45 bits per heavy atom. The van der Waals surface area contributed by atoms with E-state index in [0.29, 0.717) is 47.7 Å². The van der Waals surface area contributed by atoms with Crippen LogP contribution in [0.1, 0.15) is 18.7 Å². The van der Waals surface area contributed by atoms with Crippen molar-refractivity contribution in [1.29, 1.82) is 0 Å². The molecular weight excluding hydrogens is 280 g/mol. The number of rotatable bonds is 6. The van der Waals surface area contributed by atoms with Crippen LogP contribution >= 0.6 is 11.6 Å². The normalized spacial score (nSPS) is 10.8. The molecule has 0 bridgehead atoms. The van der Waals surface area contributed by atoms with Gasteiger partial charge in [0.25, 0.3) is 5.56 Å². The third kappa shape index (κ3) is 3.79. The van der Waals surface area contributed by atoms with Gasteiger partial charge < -0.3 is 16.0 Å². The SMILES string of the molecule is NC(=O)CCCNCc1nc2cc(Cl)ccc2c(=O)[nH]1. The van der Waals surface area contributed by atoms with Crippen molar-refractivity contribution in [2.75, 3.05) is 6.54 Å². The number of aromatic amines is 1. The number of nitrogens with two attached hydrogens (primary N) is 1. The molecule has 7 heteroatoms. The molecule has 1 aromatic heterocycles. The second kappa shape index (κ2) is 6.49. The smallest absolute Gasteiger partial charge is 0.258 e. The molecule has 0 aliphatic carbocycles. The van der Waals surface area contributed by atoms with Gasteiger partial charge in [0.1, 0.15) is 5.82 Å². The highest BCUT2D eigenvalue weighted by molar-refractivity contribution is 6.31. The second-order valence-corrected chi connectivity index (χ2v) is 4.86. The van der Waals surface area contributed by atoms with Crippen LogP contribution in [0.5, 0.6) is 0 Å². The monoisotopic (exact) mass is 294 g/mol. The minimum absolute atomic E-state index is 0.194. The van der Waals surface area contributed by atoms with Crippen LogP contribution in [0.25, 0.3) is 10.9 Å². The van der Waals surface area contributed by atoms with Crippen LogP contribution in [-0.4, -0.2) is 22.4 Å². The zero-order chi connectivity index (χ0) is 14.5. The van der Waals surface area contributed by atoms with Crippen LogP contribution in [-0.2, 0) is 11.3 Å². The van der Waals surface area contributed by atoms with Gasteiger partial charge in [-0.3, -0.25) is 9.59 Å². The van der Waals surface area contributed by atoms with E-state index < -0.39 is 0 Å². The lowest BCUT2D eigenvalue weighted by molar-refractivity contribution is -0.118. The summed E-state index contributed by atoms with van der Waals surface area (Å²) >= 11 is 5.89. The summed E-state index contributed by atoms with van der Waals surface area (Å²) in [6.45, 7) is 1.04. The molecule has 0 spiro atoms. The summed E-state index contributed by atoms with van der Waals surface area (Å²) in [5.74, 6) is 0.211. The summed E-state index contributed by atoms with van der Waals surface area (Å²) in [7, 11) is 0. The third-order valence-electron chi connectivity index (χ3n) is 2.79. The van der Waals surface area contributed by atoms with E-state index >= 15 is 0 Å². The Labute approximate surface area is 120 Å². The van der Waals surface area contributed by atoms with Crippen molar-refractivity contribution < 1.29 is 4.79 Å². The van der Waals surface area contributed by atoms with Crippen molar-refractivity contribution >= 4 is 28.4 Å². The molecule has 0 fully saturated rings. The molecule has 106 valence electrons. The van der Waals surface area contributed by atoms with Crippen molar-refractivity contribution in [1.82, 2.24) is 15.3 Å². The van der Waals surface area contributed by atoms with Gasteiger partial charge >= 0.3 is 0 Å². The molecule has 2 aromatic rings. The lowest BCUT2D eigenvalue weighted by atomic mass is 10.2. The van der Waals surface area contributed by atoms with Crippen LogP contribution in [0.2, 0.25) is 5.02 Å². The van der Waals surface area contributed by atoms with Crippen LogP contribution < -0.4 is 16.6 Å². The number of benzene rings is 1. The van der Waals surface area contributed by atoms with Crippen molar-refractivity contribution in [3.05, 3.63) is 39.4 Å². The highest BCUT2D eigenvalue weighted by atomic mass is 35.5. The van der Waals surface area contributed by atoms with E-state index in [2.05, 4.69) is 15.3 Å². The van der Waals surface area contributed by atoms with Crippen LogP contribution in [0, 0.1) is 0 Å². The number of amides is 1. The van der Waals surface area contributed by atoms with Gasteiger partial charge in [-0.1, -0.05) is 11.6 Å². The summed E-state index contributed by atoms with van der Waals surface area (Å²) in [4.78, 5) is 29.5. The maximum atomic E-state index is 11.9. The van der Waals surface area contributed by atoms with E-state index in [1.807, 2.05) is 0 Å². The fraction of sp³-hybridized carbons (Fsp3) is 0.308. The van der Waals surface area contributed by atoms with E-state index in [-0.39, 0.29) is 11.5 Å². The molecule has 0 saturated heterocycles. The van der Waals surface area contributed by atoms with Crippen LogP contribution in [0.4, 0.5) is 0 Å². The molecule has 1 heterocycles. The number of halogens is 1. The molecule has 2 rings (SSSR count). The van der Waals surface area contributed by atoms with Gasteiger partial charge in [0, 0.05) is 11.4 Å². The number of hydrogen-bond donors (Lipinski definition) is 3. The van der Waals surface area contributed by atoms with Gasteiger partial charge in [-0.05, 0) is 31.2 Å². The first-order valence-electron chi connectivity index (χ1n) is 6.24. The summed E-state index contributed by atoms with van der Waals surface area (Å²) in [5, 5.41) is 4.13. The van der Waals surface area contributed by atoms with E-state index in [9.17, 15) is 9.59 Å². The molecule has 0 saturated carbocycles. The van der Waals surface area contributed by atoms with Gasteiger partial charge in [-0.2, -0.15) is 0 Å². The number of nitrogens with one attached hydrogen (secondary N) is 2. The molecule has 0 aliphatic rings. The average molecular weight is 295 g/mol. The van der Waals surface area contributed by atoms with Gasteiger partial charge in [0.2, 0.25) is 5.91 Å². The number of carbonyl (C=O) groups excluding carboxylic acids is 1. The Morgan fingerprint density at radius 3 is 3.00 bits per heavy atom. The molecule has 0 radical (unpaired) electrons. The van der Waals surface area contributed by atoms with Crippen molar-refractivity contribution in [2.45, 2.75) is 19.4 Å². The number of primary amides is 1. The number of hydrogen-bond acceptors (Lipinski definition) is 4. The summed E-state index contributed by atoms with van der Waals surface area (Å²) in [6.07, 6.45) is 0.989. The summed E-state index contributed by atoms with van der Waals surface area (Å²) in [6, 6.07) is 4.96. The zero-order valence-electron chi connectivity index (χ0n) is 10.8. The van der Waals surface area contributed by atoms with Crippen molar-refractivity contribution in [2.24, 2.45) is 5.73 Å². The van der Waals surface area contributed by atoms with Crippen LogP contribution in [0.3, 0.4) is 0 Å². The third-order valence-corrected chi connectivity index (χ3v) is 3.02. The summed E-state index contributed by atoms with van der Waals surface area (Å²) < 4.78 is 0. The molecule has 1 amide bonds. The lowest BCUT2D eigenvalue weighted by Crippen LogP contribution is -2.21. The van der Waals surface area contributed by atoms with Gasteiger partial charge in [-0.25, -0.2) is 4.98 Å². The predicted molar refractivity (Wildman–Crippen MR) is 77.5 cm³/mol. The molecule has 1 aromatic carbocycles. The van der Waals surface area contributed by atoms with Crippen molar-refractivity contribution in [3.63, 3.8) is 0 Å². The Balaban J connectivity index is 2.04. The Morgan fingerprint density at radius 2 is 2.25 bits per heavy atom. The molecule has 20 heavy (non-hydrogen) atoms. The highest BCUT2D eigenvalue weighted by Crippen LogP contribution is 2.14. The molecule has 0 unspecified atom stereocenters. The number of fused-ring (bicyclic) bond motifs is 1. The standard InChI is InChI=1S/C13H15ClN4O2/c14-8-3-4-9-10(6-8)17-12(18-13(9)20)7-16-5-1-2-11(15)19/h3-4,6,16H,1-2,5,7H2,(H2,15,19)(H,17,18,20). The minimum Gasteiger partial charge on any atom is -0.370 e. The maximum Gasteiger partial charge on any atom is 0.258 e. The van der Waals surface area contributed by atoms with E-state index in [4.69, 9.17) is 17.3 Å². The first-order chi connectivity index (χ1) is 9.56. The van der Waals surface area contributed by atoms with E-state index in [1.165, 1.54) is 0 Å². The largest absolute Gasteiger partial charge is 0.370 e. The topological polar surface area (TPSA) is 101 Å². The maximum absolute atomic E-state index is 11.9. The van der Waals surface area contributed by atoms with Gasteiger partial charge in [-0.15, -0.1) is 0 Å². The fourth-order valence-corrected chi connectivity index (χ4v) is 2.01. The zero-order valence-corrected chi connectivity index (χ0v) is 11.5. The Kier molecular flexibility index (Phi) is 4.70. The number of H-pyrrole nitrogens is 1. The number of carbonyl (C=O) groups is 1. The first kappa shape index (κ1) is 14.5. The number of aromatic nitrogens is 2. The lowest BCUT2D eigenvalue weighted by Gasteiger charge is -2.05. The fourth-order valence-electron chi connectivity index (χ4n) is 1.84. The van der Waals surface area contributed by atoms with E-state index in [1.54, 1.807) is 18.2 Å².